The Labute approximate surface area is 148 Å². The number of esters is 1. The maximum absolute atomic E-state index is 12.6. The van der Waals surface area contributed by atoms with E-state index in [2.05, 4.69) is 22.6 Å². The van der Waals surface area contributed by atoms with Crippen LogP contribution in [0.25, 0.3) is 0 Å². The van der Waals surface area contributed by atoms with E-state index < -0.39 is 0 Å². The molecule has 0 saturated heterocycles. The molecule has 3 unspecified atom stereocenters. The predicted octanol–water partition coefficient (Wildman–Crippen LogP) is 3.21. The number of rotatable bonds is 3. The second-order valence-electron chi connectivity index (χ2n) is 5.73. The zero-order chi connectivity index (χ0) is 16.4. The molecule has 0 spiro atoms. The van der Waals surface area contributed by atoms with Crippen molar-refractivity contribution in [2.24, 2.45) is 5.92 Å². The van der Waals surface area contributed by atoms with Crippen LogP contribution in [0.1, 0.15) is 26.2 Å². The molecule has 0 radical (unpaired) electrons. The molecule has 1 heterocycles. The van der Waals surface area contributed by atoms with Gasteiger partial charge < -0.3 is 14.2 Å². The summed E-state index contributed by atoms with van der Waals surface area (Å²) in [4.78, 5) is 23.6. The summed E-state index contributed by atoms with van der Waals surface area (Å²) in [6, 6.07) is 7.47. The number of hydrogen-bond acceptors (Lipinski definition) is 5. The molecular weight excluding hydrogens is 411 g/mol. The number of allylic oxidation sites excluding steroid dienone is 1. The van der Waals surface area contributed by atoms with Gasteiger partial charge in [0, 0.05) is 16.9 Å². The van der Waals surface area contributed by atoms with Gasteiger partial charge in [-0.05, 0) is 59.7 Å². The number of ether oxygens (including phenoxy) is 3. The highest BCUT2D eigenvalue weighted by atomic mass is 127. The third-order valence-corrected chi connectivity index (χ3v) is 4.77. The molecule has 1 fully saturated rings. The summed E-state index contributed by atoms with van der Waals surface area (Å²) >= 11 is 2.21. The Kier molecular flexibility index (Phi) is 4.89. The standard InChI is InChI=1S/C17H17IO5/c1-10(19)22-13-6-7-14-15(8-13)21-9-16(17(14)20)23-12-4-2-11(18)3-5-12/h2-5,9,13-15H,6-8H2,1H3. The van der Waals surface area contributed by atoms with Gasteiger partial charge in [-0.3, -0.25) is 9.59 Å². The molecule has 23 heavy (non-hydrogen) atoms. The van der Waals surface area contributed by atoms with E-state index in [1.165, 1.54) is 13.2 Å². The minimum atomic E-state index is -0.297. The number of halogens is 1. The molecule has 2 aliphatic rings. The monoisotopic (exact) mass is 428 g/mol. The molecule has 0 bridgehead atoms. The minimum absolute atomic E-state index is 0.0407. The molecule has 122 valence electrons. The van der Waals surface area contributed by atoms with Crippen LogP contribution >= 0.6 is 22.6 Å². The lowest BCUT2D eigenvalue weighted by Crippen LogP contribution is -2.42. The molecule has 1 saturated carbocycles. The average molecular weight is 428 g/mol. The third-order valence-electron chi connectivity index (χ3n) is 4.05. The van der Waals surface area contributed by atoms with Gasteiger partial charge in [-0.2, -0.15) is 0 Å². The van der Waals surface area contributed by atoms with E-state index in [1.54, 1.807) is 0 Å². The fourth-order valence-electron chi connectivity index (χ4n) is 2.98. The van der Waals surface area contributed by atoms with E-state index >= 15 is 0 Å². The summed E-state index contributed by atoms with van der Waals surface area (Å²) in [5, 5.41) is 0. The van der Waals surface area contributed by atoms with Crippen molar-refractivity contribution in [2.75, 3.05) is 0 Å². The Hall–Kier alpha value is -1.57. The van der Waals surface area contributed by atoms with E-state index in [4.69, 9.17) is 14.2 Å². The number of carbonyl (C=O) groups excluding carboxylic acids is 2. The van der Waals surface area contributed by atoms with Crippen LogP contribution in [0.15, 0.2) is 36.3 Å². The summed E-state index contributed by atoms with van der Waals surface area (Å²) in [6.07, 6.45) is 2.82. The molecule has 1 aromatic rings. The van der Waals surface area contributed by atoms with Crippen molar-refractivity contribution < 1.29 is 23.8 Å². The molecule has 5 nitrogen and oxygen atoms in total. The van der Waals surface area contributed by atoms with Gasteiger partial charge in [-0.15, -0.1) is 0 Å². The highest BCUT2D eigenvalue weighted by Crippen LogP contribution is 2.35. The van der Waals surface area contributed by atoms with Gasteiger partial charge in [0.25, 0.3) is 0 Å². The molecule has 6 heteroatoms. The van der Waals surface area contributed by atoms with Crippen LogP contribution in [-0.2, 0) is 19.1 Å². The summed E-state index contributed by atoms with van der Waals surface area (Å²) in [5.41, 5.74) is 0. The quantitative estimate of drug-likeness (QED) is 0.547. The molecule has 1 aliphatic carbocycles. The number of hydrogen-bond donors (Lipinski definition) is 0. The summed E-state index contributed by atoms with van der Waals surface area (Å²) < 4.78 is 17.7. The van der Waals surface area contributed by atoms with E-state index in [-0.39, 0.29) is 35.6 Å². The van der Waals surface area contributed by atoms with Gasteiger partial charge in [-0.25, -0.2) is 0 Å². The Balaban J connectivity index is 1.67. The molecule has 0 aromatic heterocycles. The summed E-state index contributed by atoms with van der Waals surface area (Å²) in [6.45, 7) is 1.39. The lowest BCUT2D eigenvalue weighted by molar-refractivity contribution is -0.152. The smallest absolute Gasteiger partial charge is 0.302 e. The van der Waals surface area contributed by atoms with Crippen LogP contribution in [0.5, 0.6) is 5.75 Å². The lowest BCUT2D eigenvalue weighted by atomic mass is 9.80. The van der Waals surface area contributed by atoms with Gasteiger partial charge in [-0.1, -0.05) is 0 Å². The zero-order valence-corrected chi connectivity index (χ0v) is 14.8. The first-order valence-electron chi connectivity index (χ1n) is 7.53. The molecule has 3 rings (SSSR count). The Morgan fingerprint density at radius 1 is 1.26 bits per heavy atom. The van der Waals surface area contributed by atoms with Crippen molar-refractivity contribution in [2.45, 2.75) is 38.4 Å². The molecule has 1 aromatic carbocycles. The predicted molar refractivity (Wildman–Crippen MR) is 90.6 cm³/mol. The van der Waals surface area contributed by atoms with Crippen LogP contribution in [0.2, 0.25) is 0 Å². The lowest BCUT2D eigenvalue weighted by Gasteiger charge is -2.36. The van der Waals surface area contributed by atoms with Gasteiger partial charge in [0.15, 0.2) is 0 Å². The van der Waals surface area contributed by atoms with Crippen molar-refractivity contribution in [3.05, 3.63) is 39.9 Å². The number of fused-ring (bicyclic) bond motifs is 1. The van der Waals surface area contributed by atoms with Gasteiger partial charge in [0.1, 0.15) is 24.2 Å². The van der Waals surface area contributed by atoms with Gasteiger partial charge in [0.05, 0.1) is 5.92 Å². The van der Waals surface area contributed by atoms with E-state index in [0.29, 0.717) is 25.0 Å². The molecule has 0 amide bonds. The van der Waals surface area contributed by atoms with Crippen LogP contribution in [0.4, 0.5) is 0 Å². The first-order chi connectivity index (χ1) is 11.0. The number of benzene rings is 1. The normalized spacial score (nSPS) is 26.6. The summed E-state index contributed by atoms with van der Waals surface area (Å²) in [7, 11) is 0. The van der Waals surface area contributed by atoms with Crippen molar-refractivity contribution in [1.29, 1.82) is 0 Å². The topological polar surface area (TPSA) is 61.8 Å². The van der Waals surface area contributed by atoms with Crippen molar-refractivity contribution in [3.8, 4) is 5.75 Å². The minimum Gasteiger partial charge on any atom is -0.493 e. The average Bonchev–Trinajstić information content (AvgIpc) is 2.51. The second-order valence-corrected chi connectivity index (χ2v) is 6.97. The van der Waals surface area contributed by atoms with Crippen LogP contribution in [0, 0.1) is 9.49 Å². The first kappa shape index (κ1) is 16.3. The van der Waals surface area contributed by atoms with Crippen LogP contribution in [-0.4, -0.2) is 24.0 Å². The van der Waals surface area contributed by atoms with E-state index in [1.807, 2.05) is 24.3 Å². The van der Waals surface area contributed by atoms with E-state index in [9.17, 15) is 9.59 Å². The molecule has 0 N–H and O–H groups in total. The highest BCUT2D eigenvalue weighted by molar-refractivity contribution is 14.1. The maximum Gasteiger partial charge on any atom is 0.302 e. The molecule has 3 atom stereocenters. The Bertz CT molecular complexity index is 637. The fourth-order valence-corrected chi connectivity index (χ4v) is 3.34. The largest absolute Gasteiger partial charge is 0.493 e. The maximum atomic E-state index is 12.6. The van der Waals surface area contributed by atoms with Crippen molar-refractivity contribution in [3.63, 3.8) is 0 Å². The highest BCUT2D eigenvalue weighted by Gasteiger charge is 2.41. The third kappa shape index (κ3) is 3.85. The van der Waals surface area contributed by atoms with Gasteiger partial charge >= 0.3 is 5.97 Å². The zero-order valence-electron chi connectivity index (χ0n) is 12.7. The Morgan fingerprint density at radius 3 is 2.70 bits per heavy atom. The summed E-state index contributed by atoms with van der Waals surface area (Å²) in [5.74, 6) is 0.277. The number of carbonyl (C=O) groups is 2. The van der Waals surface area contributed by atoms with Crippen molar-refractivity contribution >= 4 is 34.3 Å². The molecule has 1 aliphatic heterocycles. The SMILES string of the molecule is CC(=O)OC1CCC2C(=O)C(Oc3ccc(I)cc3)=COC2C1. The first-order valence-corrected chi connectivity index (χ1v) is 8.61. The number of ketones is 1. The van der Waals surface area contributed by atoms with E-state index in [0.717, 1.165) is 3.57 Å². The van der Waals surface area contributed by atoms with Gasteiger partial charge in [0.2, 0.25) is 11.5 Å². The number of Topliss-reactive ketones (excluding diaryl/α,β-unsaturated/α-hetero) is 1. The van der Waals surface area contributed by atoms with Crippen LogP contribution < -0.4 is 4.74 Å². The van der Waals surface area contributed by atoms with Crippen molar-refractivity contribution in [1.82, 2.24) is 0 Å². The molecular formula is C17H17IO5. The fraction of sp³-hybridized carbons (Fsp3) is 0.412. The van der Waals surface area contributed by atoms with Crippen LogP contribution in [0.3, 0.4) is 0 Å². The Morgan fingerprint density at radius 2 is 2.00 bits per heavy atom. The second kappa shape index (κ2) is 6.90.